The summed E-state index contributed by atoms with van der Waals surface area (Å²) in [6.45, 7) is 6.17. The number of anilines is 1. The Labute approximate surface area is 122 Å². The number of hydrogen-bond donors (Lipinski definition) is 1. The van der Waals surface area contributed by atoms with Crippen molar-refractivity contribution in [2.45, 2.75) is 39.5 Å². The van der Waals surface area contributed by atoms with Crippen molar-refractivity contribution in [1.82, 2.24) is 0 Å². The van der Waals surface area contributed by atoms with Crippen LogP contribution in [0.25, 0.3) is 0 Å². The number of unbranched alkanes of at least 4 members (excludes halogenated alkanes) is 2. The Morgan fingerprint density at radius 2 is 1.63 bits per heavy atom. The maximum absolute atomic E-state index is 11.2. The van der Waals surface area contributed by atoms with Crippen LogP contribution < -0.4 is 4.90 Å². The second-order valence-corrected chi connectivity index (χ2v) is 4.52. The summed E-state index contributed by atoms with van der Waals surface area (Å²) in [5.41, 5.74) is 1.26. The number of aromatic carboxylic acids is 1. The minimum atomic E-state index is -0.844. The van der Waals surface area contributed by atoms with Gasteiger partial charge in [0.1, 0.15) is 0 Å². The summed E-state index contributed by atoms with van der Waals surface area (Å²) >= 11 is 0. The van der Waals surface area contributed by atoms with Crippen LogP contribution in [0.5, 0.6) is 0 Å². The van der Waals surface area contributed by atoms with Crippen LogP contribution in [-0.2, 0) is 0 Å². The molecule has 0 aliphatic carbocycles. The fraction of sp³-hybridized carbons (Fsp3) is 0.533. The second kappa shape index (κ2) is 9.68. The number of rotatable bonds is 8. The van der Waals surface area contributed by atoms with Gasteiger partial charge in [0.05, 0.1) is 11.3 Å². The monoisotopic (exact) mass is 285 g/mol. The van der Waals surface area contributed by atoms with Gasteiger partial charge in [0, 0.05) is 13.1 Å². The van der Waals surface area contributed by atoms with Crippen LogP contribution in [0.15, 0.2) is 24.3 Å². The largest absolute Gasteiger partial charge is 0.478 e. The molecule has 19 heavy (non-hydrogen) atoms. The number of nitrogens with zero attached hydrogens (tertiary/aromatic N) is 1. The highest BCUT2D eigenvalue weighted by atomic mass is 35.5. The van der Waals surface area contributed by atoms with Crippen molar-refractivity contribution in [2.75, 3.05) is 18.0 Å². The minimum absolute atomic E-state index is 0. The summed E-state index contributed by atoms with van der Waals surface area (Å²) in [5, 5.41) is 9.24. The van der Waals surface area contributed by atoms with Crippen LogP contribution >= 0.6 is 12.4 Å². The van der Waals surface area contributed by atoms with Gasteiger partial charge in [-0.15, -0.1) is 12.4 Å². The summed E-state index contributed by atoms with van der Waals surface area (Å²) in [4.78, 5) is 13.5. The number of benzene rings is 1. The first-order valence-electron chi connectivity index (χ1n) is 6.78. The summed E-state index contributed by atoms with van der Waals surface area (Å²) in [6, 6.07) is 7.29. The number of halogens is 1. The number of hydrogen-bond acceptors (Lipinski definition) is 2. The molecular formula is C15H24ClNO2. The smallest absolute Gasteiger partial charge is 0.337 e. The third-order valence-electron chi connectivity index (χ3n) is 3.04. The first-order chi connectivity index (χ1) is 8.70. The molecule has 0 fully saturated rings. The summed E-state index contributed by atoms with van der Waals surface area (Å²) < 4.78 is 0. The van der Waals surface area contributed by atoms with E-state index >= 15 is 0 Å². The molecule has 4 heteroatoms. The molecule has 0 saturated carbocycles. The molecule has 108 valence electrons. The van der Waals surface area contributed by atoms with Crippen molar-refractivity contribution in [2.24, 2.45) is 0 Å². The molecule has 0 atom stereocenters. The predicted molar refractivity (Wildman–Crippen MR) is 82.7 cm³/mol. The van der Waals surface area contributed by atoms with E-state index in [1.54, 1.807) is 12.1 Å². The van der Waals surface area contributed by atoms with Crippen LogP contribution in [0.2, 0.25) is 0 Å². The molecule has 3 nitrogen and oxygen atoms in total. The van der Waals surface area contributed by atoms with E-state index in [1.807, 2.05) is 12.1 Å². The number of para-hydroxylation sites is 1. The van der Waals surface area contributed by atoms with Crippen LogP contribution in [-0.4, -0.2) is 24.2 Å². The van der Waals surface area contributed by atoms with Gasteiger partial charge in [-0.3, -0.25) is 0 Å². The third-order valence-corrected chi connectivity index (χ3v) is 3.04. The summed E-state index contributed by atoms with van der Waals surface area (Å²) in [5.74, 6) is -0.844. The normalized spacial score (nSPS) is 9.79. The Kier molecular flexibility index (Phi) is 9.06. The fourth-order valence-electron chi connectivity index (χ4n) is 1.98. The highest BCUT2D eigenvalue weighted by Crippen LogP contribution is 2.21. The maximum Gasteiger partial charge on any atom is 0.337 e. The third kappa shape index (κ3) is 5.52. The molecule has 1 rings (SSSR count). The van der Waals surface area contributed by atoms with Crippen molar-refractivity contribution in [3.63, 3.8) is 0 Å². The van der Waals surface area contributed by atoms with Crippen molar-refractivity contribution in [3.05, 3.63) is 29.8 Å². The highest BCUT2D eigenvalue weighted by molar-refractivity contribution is 5.94. The van der Waals surface area contributed by atoms with Crippen molar-refractivity contribution in [1.29, 1.82) is 0 Å². The van der Waals surface area contributed by atoms with Gasteiger partial charge < -0.3 is 10.0 Å². The van der Waals surface area contributed by atoms with Crippen LogP contribution in [0, 0.1) is 0 Å². The topological polar surface area (TPSA) is 40.5 Å². The SMILES string of the molecule is CCCCN(CCCC)c1ccccc1C(=O)O.Cl. The number of carboxylic acids is 1. The van der Waals surface area contributed by atoms with Crippen molar-refractivity contribution < 1.29 is 9.90 Å². The molecule has 0 radical (unpaired) electrons. The van der Waals surface area contributed by atoms with Gasteiger partial charge in [0.2, 0.25) is 0 Å². The van der Waals surface area contributed by atoms with Crippen LogP contribution in [0.3, 0.4) is 0 Å². The average Bonchev–Trinajstić information content (AvgIpc) is 2.39. The molecular weight excluding hydrogens is 262 g/mol. The lowest BCUT2D eigenvalue weighted by atomic mass is 10.1. The van der Waals surface area contributed by atoms with Gasteiger partial charge in [-0.2, -0.15) is 0 Å². The lowest BCUT2D eigenvalue weighted by Crippen LogP contribution is -2.27. The van der Waals surface area contributed by atoms with Crippen molar-refractivity contribution >= 4 is 24.1 Å². The molecule has 0 bridgehead atoms. The molecule has 1 aromatic rings. The van der Waals surface area contributed by atoms with E-state index in [-0.39, 0.29) is 12.4 Å². The van der Waals surface area contributed by atoms with Crippen LogP contribution in [0.1, 0.15) is 49.9 Å². The zero-order valence-corrected chi connectivity index (χ0v) is 12.6. The lowest BCUT2D eigenvalue weighted by molar-refractivity contribution is 0.0697. The zero-order chi connectivity index (χ0) is 13.4. The zero-order valence-electron chi connectivity index (χ0n) is 11.8. The maximum atomic E-state index is 11.2. The predicted octanol–water partition coefficient (Wildman–Crippen LogP) is 4.21. The van der Waals surface area contributed by atoms with Crippen molar-refractivity contribution in [3.8, 4) is 0 Å². The van der Waals surface area contributed by atoms with E-state index in [0.29, 0.717) is 5.56 Å². The van der Waals surface area contributed by atoms with Gasteiger partial charge >= 0.3 is 5.97 Å². The average molecular weight is 286 g/mol. The van der Waals surface area contributed by atoms with E-state index in [9.17, 15) is 9.90 Å². The Morgan fingerprint density at radius 1 is 1.11 bits per heavy atom. The number of carbonyl (C=O) groups is 1. The molecule has 1 aromatic carbocycles. The number of carboxylic acid groups (broad SMARTS) is 1. The lowest BCUT2D eigenvalue weighted by Gasteiger charge is -2.26. The van der Waals surface area contributed by atoms with Gasteiger partial charge in [-0.25, -0.2) is 4.79 Å². The first-order valence-corrected chi connectivity index (χ1v) is 6.78. The Balaban J connectivity index is 0.00000324. The minimum Gasteiger partial charge on any atom is -0.478 e. The second-order valence-electron chi connectivity index (χ2n) is 4.52. The van der Waals surface area contributed by atoms with Gasteiger partial charge in [-0.05, 0) is 25.0 Å². The molecule has 0 spiro atoms. The van der Waals surface area contributed by atoms with Gasteiger partial charge in [0.15, 0.2) is 0 Å². The molecule has 1 N–H and O–H groups in total. The molecule has 0 aliphatic heterocycles. The molecule has 0 saturated heterocycles. The van der Waals surface area contributed by atoms with E-state index < -0.39 is 5.97 Å². The molecule has 0 heterocycles. The molecule has 0 aromatic heterocycles. The first kappa shape index (κ1) is 17.8. The highest BCUT2D eigenvalue weighted by Gasteiger charge is 2.14. The summed E-state index contributed by atoms with van der Waals surface area (Å²) in [6.07, 6.45) is 4.44. The van der Waals surface area contributed by atoms with Crippen LogP contribution in [0.4, 0.5) is 5.69 Å². The van der Waals surface area contributed by atoms with E-state index in [4.69, 9.17) is 0 Å². The molecule has 0 amide bonds. The van der Waals surface area contributed by atoms with Gasteiger partial charge in [0.25, 0.3) is 0 Å². The fourth-order valence-corrected chi connectivity index (χ4v) is 1.98. The molecule has 0 unspecified atom stereocenters. The Morgan fingerprint density at radius 3 is 2.11 bits per heavy atom. The van der Waals surface area contributed by atoms with Gasteiger partial charge in [-0.1, -0.05) is 38.8 Å². The summed E-state index contributed by atoms with van der Waals surface area (Å²) in [7, 11) is 0. The van der Waals surface area contributed by atoms with E-state index in [1.165, 1.54) is 0 Å². The molecule has 0 aliphatic rings. The standard InChI is InChI=1S/C15H23NO2.ClH/c1-3-5-11-16(12-6-4-2)14-10-8-7-9-13(14)15(17)18;/h7-10H,3-6,11-12H2,1-2H3,(H,17,18);1H. The quantitative estimate of drug-likeness (QED) is 0.778. The Hall–Kier alpha value is -1.22. The van der Waals surface area contributed by atoms with E-state index in [2.05, 4.69) is 18.7 Å². The van der Waals surface area contributed by atoms with E-state index in [0.717, 1.165) is 44.5 Å². The Bertz CT molecular complexity index is 374.